The fourth-order valence-corrected chi connectivity index (χ4v) is 1.83. The van der Waals surface area contributed by atoms with Crippen LogP contribution in [0.5, 0.6) is 0 Å². The number of aromatic nitrogens is 3. The van der Waals surface area contributed by atoms with E-state index in [2.05, 4.69) is 41.2 Å². The second-order valence-corrected chi connectivity index (χ2v) is 4.07. The number of fused-ring (bicyclic) bond motifs is 1. The van der Waals surface area contributed by atoms with Crippen LogP contribution in [0.2, 0.25) is 0 Å². The van der Waals surface area contributed by atoms with Crippen LogP contribution in [0.1, 0.15) is 5.56 Å². The first-order valence-corrected chi connectivity index (χ1v) is 5.40. The van der Waals surface area contributed by atoms with Crippen LogP contribution in [0.4, 0.5) is 5.69 Å². The zero-order valence-electron chi connectivity index (χ0n) is 9.46. The average Bonchev–Trinajstić information content (AvgIpc) is 2.73. The fraction of sp³-hybridized carbons (Fsp3) is 0.0769. The summed E-state index contributed by atoms with van der Waals surface area (Å²) in [5.74, 6) is 0.662. The molecule has 0 saturated carbocycles. The zero-order chi connectivity index (χ0) is 11.8. The molecule has 2 N–H and O–H groups in total. The quantitative estimate of drug-likeness (QED) is 0.690. The van der Waals surface area contributed by atoms with Gasteiger partial charge >= 0.3 is 0 Å². The lowest BCUT2D eigenvalue weighted by atomic mass is 10.1. The summed E-state index contributed by atoms with van der Waals surface area (Å²) in [4.78, 5) is 8.43. The maximum atomic E-state index is 5.74. The van der Waals surface area contributed by atoms with Gasteiger partial charge in [0.2, 0.25) is 5.78 Å². The molecule has 17 heavy (non-hydrogen) atoms. The van der Waals surface area contributed by atoms with E-state index >= 15 is 0 Å². The number of aryl methyl sites for hydroxylation is 1. The Morgan fingerprint density at radius 1 is 1.06 bits per heavy atom. The molecule has 0 radical (unpaired) electrons. The highest BCUT2D eigenvalue weighted by Crippen LogP contribution is 2.21. The van der Waals surface area contributed by atoms with Gasteiger partial charge in [0.05, 0.1) is 23.8 Å². The Balaban J connectivity index is 2.23. The summed E-state index contributed by atoms with van der Waals surface area (Å²) in [5.41, 5.74) is 9.71. The second kappa shape index (κ2) is 3.59. The van der Waals surface area contributed by atoms with Crippen LogP contribution in [0, 0.1) is 6.92 Å². The number of nitrogens with two attached hydrogens (primary N) is 1. The number of imidazole rings is 1. The normalized spacial score (nSPS) is 10.9. The monoisotopic (exact) mass is 224 g/mol. The van der Waals surface area contributed by atoms with Gasteiger partial charge in [-0.25, -0.2) is 9.97 Å². The molecule has 0 unspecified atom stereocenters. The lowest BCUT2D eigenvalue weighted by Gasteiger charge is -2.02. The van der Waals surface area contributed by atoms with Crippen molar-refractivity contribution in [2.45, 2.75) is 6.92 Å². The van der Waals surface area contributed by atoms with Crippen molar-refractivity contribution in [1.29, 1.82) is 0 Å². The molecule has 84 valence electrons. The molecule has 3 aromatic rings. The summed E-state index contributed by atoms with van der Waals surface area (Å²) >= 11 is 0. The number of benzene rings is 1. The van der Waals surface area contributed by atoms with Crippen LogP contribution in [0.15, 0.2) is 42.9 Å². The molecule has 0 fully saturated rings. The predicted molar refractivity (Wildman–Crippen MR) is 67.6 cm³/mol. The number of anilines is 1. The van der Waals surface area contributed by atoms with Gasteiger partial charge in [-0.1, -0.05) is 29.8 Å². The third-order valence-corrected chi connectivity index (χ3v) is 2.73. The number of hydrogen-bond acceptors (Lipinski definition) is 3. The SMILES string of the molecule is Cc1ccc(-c2cnc3ncc(N)cn23)cc1. The van der Waals surface area contributed by atoms with Crippen LogP contribution >= 0.6 is 0 Å². The van der Waals surface area contributed by atoms with Crippen LogP contribution in [-0.2, 0) is 0 Å². The van der Waals surface area contributed by atoms with Gasteiger partial charge in [-0.3, -0.25) is 4.40 Å². The first-order chi connectivity index (χ1) is 8.24. The molecular weight excluding hydrogens is 212 g/mol. The third-order valence-electron chi connectivity index (χ3n) is 2.73. The van der Waals surface area contributed by atoms with E-state index in [1.165, 1.54) is 5.56 Å². The minimum Gasteiger partial charge on any atom is -0.396 e. The van der Waals surface area contributed by atoms with Crippen molar-refractivity contribution in [2.75, 3.05) is 5.73 Å². The van der Waals surface area contributed by atoms with E-state index < -0.39 is 0 Å². The van der Waals surface area contributed by atoms with Gasteiger partial charge in [0.25, 0.3) is 0 Å². The molecule has 2 aromatic heterocycles. The van der Waals surface area contributed by atoms with Crippen molar-refractivity contribution in [3.05, 3.63) is 48.4 Å². The van der Waals surface area contributed by atoms with Gasteiger partial charge in [0, 0.05) is 11.8 Å². The predicted octanol–water partition coefficient (Wildman–Crippen LogP) is 2.29. The molecule has 2 heterocycles. The Bertz CT molecular complexity index is 667. The van der Waals surface area contributed by atoms with Crippen molar-refractivity contribution in [3.8, 4) is 11.3 Å². The van der Waals surface area contributed by atoms with Crippen molar-refractivity contribution in [3.63, 3.8) is 0 Å². The standard InChI is InChI=1S/C13H12N4/c1-9-2-4-10(5-3-9)12-7-16-13-15-6-11(14)8-17(12)13/h2-8H,14H2,1H3. The minimum atomic E-state index is 0.629. The molecule has 0 spiro atoms. The van der Waals surface area contributed by atoms with E-state index in [9.17, 15) is 0 Å². The topological polar surface area (TPSA) is 56.2 Å². The number of nitrogen functional groups attached to an aromatic ring is 1. The van der Waals surface area contributed by atoms with Crippen molar-refractivity contribution < 1.29 is 0 Å². The van der Waals surface area contributed by atoms with Gasteiger partial charge in [-0.05, 0) is 6.92 Å². The van der Waals surface area contributed by atoms with Gasteiger partial charge < -0.3 is 5.73 Å². The van der Waals surface area contributed by atoms with Crippen LogP contribution < -0.4 is 5.73 Å². The van der Waals surface area contributed by atoms with Gasteiger partial charge in [-0.15, -0.1) is 0 Å². The molecule has 0 aliphatic carbocycles. The van der Waals surface area contributed by atoms with Crippen LogP contribution in [-0.4, -0.2) is 14.4 Å². The maximum absolute atomic E-state index is 5.74. The van der Waals surface area contributed by atoms with E-state index in [0.717, 1.165) is 11.3 Å². The highest BCUT2D eigenvalue weighted by molar-refractivity contribution is 5.63. The Morgan fingerprint density at radius 2 is 1.76 bits per heavy atom. The first-order valence-electron chi connectivity index (χ1n) is 5.40. The van der Waals surface area contributed by atoms with Crippen LogP contribution in [0.3, 0.4) is 0 Å². The molecule has 0 aliphatic rings. The molecule has 3 rings (SSSR count). The largest absolute Gasteiger partial charge is 0.396 e. The summed E-state index contributed by atoms with van der Waals surface area (Å²) in [6.07, 6.45) is 5.26. The Morgan fingerprint density at radius 3 is 2.53 bits per heavy atom. The average molecular weight is 224 g/mol. The minimum absolute atomic E-state index is 0.629. The smallest absolute Gasteiger partial charge is 0.234 e. The maximum Gasteiger partial charge on any atom is 0.234 e. The number of rotatable bonds is 1. The first kappa shape index (κ1) is 9.84. The molecule has 0 bridgehead atoms. The van der Waals surface area contributed by atoms with E-state index in [4.69, 9.17) is 5.73 Å². The Kier molecular flexibility index (Phi) is 2.08. The molecule has 1 aromatic carbocycles. The summed E-state index contributed by atoms with van der Waals surface area (Å²) in [6, 6.07) is 8.30. The summed E-state index contributed by atoms with van der Waals surface area (Å²) in [6.45, 7) is 2.07. The van der Waals surface area contributed by atoms with Crippen LogP contribution in [0.25, 0.3) is 17.0 Å². The van der Waals surface area contributed by atoms with Crippen molar-refractivity contribution in [1.82, 2.24) is 14.4 Å². The van der Waals surface area contributed by atoms with Crippen molar-refractivity contribution in [2.24, 2.45) is 0 Å². The summed E-state index contributed by atoms with van der Waals surface area (Å²) in [7, 11) is 0. The molecular formula is C13H12N4. The number of hydrogen-bond donors (Lipinski definition) is 1. The lowest BCUT2D eigenvalue weighted by Crippen LogP contribution is -1.94. The third kappa shape index (κ3) is 1.63. The Labute approximate surface area is 98.8 Å². The Hall–Kier alpha value is -2.36. The molecule has 4 heteroatoms. The van der Waals surface area contributed by atoms with Crippen molar-refractivity contribution >= 4 is 11.5 Å². The fourth-order valence-electron chi connectivity index (χ4n) is 1.83. The highest BCUT2D eigenvalue weighted by Gasteiger charge is 2.06. The summed E-state index contributed by atoms with van der Waals surface area (Å²) in [5, 5.41) is 0. The van der Waals surface area contributed by atoms with Gasteiger partial charge in [0.1, 0.15) is 0 Å². The molecule has 0 amide bonds. The molecule has 4 nitrogen and oxygen atoms in total. The van der Waals surface area contributed by atoms with E-state index in [-0.39, 0.29) is 0 Å². The van der Waals surface area contributed by atoms with Gasteiger partial charge in [0.15, 0.2) is 0 Å². The zero-order valence-corrected chi connectivity index (χ0v) is 9.46. The van der Waals surface area contributed by atoms with E-state index in [1.54, 1.807) is 6.20 Å². The molecule has 0 atom stereocenters. The second-order valence-electron chi connectivity index (χ2n) is 4.07. The molecule has 0 saturated heterocycles. The van der Waals surface area contributed by atoms with E-state index in [1.807, 2.05) is 16.8 Å². The summed E-state index contributed by atoms with van der Waals surface area (Å²) < 4.78 is 1.90. The highest BCUT2D eigenvalue weighted by atomic mass is 15.1. The lowest BCUT2D eigenvalue weighted by molar-refractivity contribution is 1.12. The van der Waals surface area contributed by atoms with Gasteiger partial charge in [-0.2, -0.15) is 0 Å². The number of nitrogens with zero attached hydrogens (tertiary/aromatic N) is 3. The molecule has 0 aliphatic heterocycles. The van der Waals surface area contributed by atoms with E-state index in [0.29, 0.717) is 11.5 Å².